The molecule has 1 saturated carbocycles. The van der Waals surface area contributed by atoms with Crippen molar-refractivity contribution in [1.82, 2.24) is 5.32 Å². The molecule has 1 aliphatic carbocycles. The molecule has 1 unspecified atom stereocenters. The Kier molecular flexibility index (Phi) is 3.93. The Morgan fingerprint density at radius 3 is 2.50 bits per heavy atom. The van der Waals surface area contributed by atoms with Gasteiger partial charge in [-0.3, -0.25) is 4.79 Å². The number of carbonyl (C=O) groups is 1. The summed E-state index contributed by atoms with van der Waals surface area (Å²) in [6, 6.07) is 0. The Morgan fingerprint density at radius 1 is 1.43 bits per heavy atom. The fraction of sp³-hybridized carbons (Fsp3) is 0.909. The van der Waals surface area contributed by atoms with E-state index in [1.807, 2.05) is 6.92 Å². The number of hydrogen-bond acceptors (Lipinski definition) is 2. The number of aliphatic hydroxyl groups is 1. The molecule has 1 atom stereocenters. The Balaban J connectivity index is 2.41. The molecule has 0 aliphatic heterocycles. The van der Waals surface area contributed by atoms with Gasteiger partial charge in [-0.15, -0.1) is 0 Å². The van der Waals surface area contributed by atoms with Gasteiger partial charge in [0.15, 0.2) is 0 Å². The Morgan fingerprint density at radius 2 is 2.00 bits per heavy atom. The topological polar surface area (TPSA) is 49.3 Å². The monoisotopic (exact) mass is 199 g/mol. The van der Waals surface area contributed by atoms with Crippen molar-refractivity contribution in [2.75, 3.05) is 6.54 Å². The number of rotatable bonds is 3. The molecular weight excluding hydrogens is 178 g/mol. The molecule has 0 aromatic rings. The summed E-state index contributed by atoms with van der Waals surface area (Å²) >= 11 is 0. The molecule has 0 aromatic heterocycles. The zero-order chi connectivity index (χ0) is 10.6. The highest BCUT2D eigenvalue weighted by Gasteiger charge is 2.32. The highest BCUT2D eigenvalue weighted by molar-refractivity contribution is 5.72. The number of nitrogens with one attached hydrogen (secondary N) is 1. The van der Waals surface area contributed by atoms with Crippen LogP contribution in [0.5, 0.6) is 0 Å². The standard InChI is InChI=1S/C11H21NO2/c1-9(13)12-8-11(2,14)10-6-4-3-5-7-10/h10,14H,3-8H2,1-2H3,(H,12,13). The SMILES string of the molecule is CC(=O)NCC(C)(O)C1CCCCC1. The van der Waals surface area contributed by atoms with E-state index in [0.717, 1.165) is 12.8 Å². The molecule has 1 fully saturated rings. The van der Waals surface area contributed by atoms with E-state index < -0.39 is 5.60 Å². The van der Waals surface area contributed by atoms with E-state index in [2.05, 4.69) is 5.32 Å². The van der Waals surface area contributed by atoms with Gasteiger partial charge in [0, 0.05) is 13.5 Å². The van der Waals surface area contributed by atoms with Gasteiger partial charge in [-0.25, -0.2) is 0 Å². The first kappa shape index (κ1) is 11.5. The van der Waals surface area contributed by atoms with Crippen LogP contribution >= 0.6 is 0 Å². The smallest absolute Gasteiger partial charge is 0.216 e. The number of hydrogen-bond donors (Lipinski definition) is 2. The third-order valence-corrected chi connectivity index (χ3v) is 3.18. The summed E-state index contributed by atoms with van der Waals surface area (Å²) in [5.41, 5.74) is -0.730. The first-order valence-electron chi connectivity index (χ1n) is 5.49. The molecule has 82 valence electrons. The average molecular weight is 199 g/mol. The first-order chi connectivity index (χ1) is 6.52. The van der Waals surface area contributed by atoms with Gasteiger partial charge >= 0.3 is 0 Å². The lowest BCUT2D eigenvalue weighted by Gasteiger charge is -2.35. The normalized spacial score (nSPS) is 22.8. The van der Waals surface area contributed by atoms with Crippen molar-refractivity contribution in [3.63, 3.8) is 0 Å². The van der Waals surface area contributed by atoms with Crippen LogP contribution in [0.3, 0.4) is 0 Å². The molecule has 1 aliphatic rings. The van der Waals surface area contributed by atoms with Crippen molar-refractivity contribution in [3.8, 4) is 0 Å². The van der Waals surface area contributed by atoms with Crippen LogP contribution in [0.4, 0.5) is 0 Å². The summed E-state index contributed by atoms with van der Waals surface area (Å²) in [5.74, 6) is 0.282. The molecule has 0 spiro atoms. The molecular formula is C11H21NO2. The Labute approximate surface area is 85.9 Å². The quantitative estimate of drug-likeness (QED) is 0.723. The van der Waals surface area contributed by atoms with Gasteiger partial charge in [-0.2, -0.15) is 0 Å². The second-order valence-corrected chi connectivity index (χ2v) is 4.60. The van der Waals surface area contributed by atoms with E-state index in [1.165, 1.54) is 26.2 Å². The molecule has 3 heteroatoms. The summed E-state index contributed by atoms with van der Waals surface area (Å²) in [4.78, 5) is 10.8. The third kappa shape index (κ3) is 3.29. The van der Waals surface area contributed by atoms with Crippen molar-refractivity contribution in [2.24, 2.45) is 5.92 Å². The van der Waals surface area contributed by atoms with Gasteiger partial charge < -0.3 is 10.4 Å². The maximum Gasteiger partial charge on any atom is 0.216 e. The van der Waals surface area contributed by atoms with Gasteiger partial charge in [0.05, 0.1) is 5.60 Å². The molecule has 0 bridgehead atoms. The van der Waals surface area contributed by atoms with E-state index in [-0.39, 0.29) is 5.91 Å². The highest BCUT2D eigenvalue weighted by Crippen LogP contribution is 2.32. The van der Waals surface area contributed by atoms with Crippen LogP contribution in [0.2, 0.25) is 0 Å². The van der Waals surface area contributed by atoms with Crippen molar-refractivity contribution >= 4 is 5.91 Å². The van der Waals surface area contributed by atoms with E-state index in [4.69, 9.17) is 0 Å². The van der Waals surface area contributed by atoms with Gasteiger partial charge in [0.2, 0.25) is 5.91 Å². The maximum atomic E-state index is 10.8. The third-order valence-electron chi connectivity index (χ3n) is 3.18. The minimum atomic E-state index is -0.730. The van der Waals surface area contributed by atoms with Crippen LogP contribution < -0.4 is 5.32 Å². The summed E-state index contributed by atoms with van der Waals surface area (Å²) in [6.07, 6.45) is 5.88. The molecule has 3 nitrogen and oxygen atoms in total. The zero-order valence-corrected chi connectivity index (χ0v) is 9.18. The molecule has 1 rings (SSSR count). The van der Waals surface area contributed by atoms with Gasteiger partial charge in [-0.05, 0) is 25.7 Å². The van der Waals surface area contributed by atoms with Crippen molar-refractivity contribution < 1.29 is 9.90 Å². The fourth-order valence-corrected chi connectivity index (χ4v) is 2.17. The van der Waals surface area contributed by atoms with Crippen molar-refractivity contribution in [2.45, 2.75) is 51.6 Å². The molecule has 0 radical (unpaired) electrons. The van der Waals surface area contributed by atoms with E-state index in [0.29, 0.717) is 12.5 Å². The molecule has 0 aromatic carbocycles. The first-order valence-corrected chi connectivity index (χ1v) is 5.49. The molecule has 14 heavy (non-hydrogen) atoms. The molecule has 0 heterocycles. The second-order valence-electron chi connectivity index (χ2n) is 4.60. The molecule has 0 saturated heterocycles. The number of amides is 1. The Bertz CT molecular complexity index is 195. The van der Waals surface area contributed by atoms with Crippen molar-refractivity contribution in [1.29, 1.82) is 0 Å². The lowest BCUT2D eigenvalue weighted by atomic mass is 9.78. The minimum Gasteiger partial charge on any atom is -0.388 e. The van der Waals surface area contributed by atoms with E-state index in [9.17, 15) is 9.90 Å². The van der Waals surface area contributed by atoms with Crippen LogP contribution in [0, 0.1) is 5.92 Å². The summed E-state index contributed by atoms with van der Waals surface area (Å²) in [6.45, 7) is 3.70. The van der Waals surface area contributed by atoms with E-state index in [1.54, 1.807) is 0 Å². The van der Waals surface area contributed by atoms with Gasteiger partial charge in [0.1, 0.15) is 0 Å². The molecule has 1 amide bonds. The van der Waals surface area contributed by atoms with Gasteiger partial charge in [0.25, 0.3) is 0 Å². The highest BCUT2D eigenvalue weighted by atomic mass is 16.3. The van der Waals surface area contributed by atoms with Crippen LogP contribution in [-0.4, -0.2) is 23.2 Å². The second kappa shape index (κ2) is 4.78. The predicted octanol–water partition coefficient (Wildman–Crippen LogP) is 1.45. The Hall–Kier alpha value is -0.570. The van der Waals surface area contributed by atoms with Crippen LogP contribution in [0.15, 0.2) is 0 Å². The van der Waals surface area contributed by atoms with Crippen molar-refractivity contribution in [3.05, 3.63) is 0 Å². The predicted molar refractivity (Wildman–Crippen MR) is 55.9 cm³/mol. The minimum absolute atomic E-state index is 0.0684. The zero-order valence-electron chi connectivity index (χ0n) is 9.18. The summed E-state index contributed by atoms with van der Waals surface area (Å²) in [7, 11) is 0. The maximum absolute atomic E-state index is 10.8. The largest absolute Gasteiger partial charge is 0.388 e. The average Bonchev–Trinajstić information content (AvgIpc) is 2.16. The van der Waals surface area contributed by atoms with E-state index >= 15 is 0 Å². The summed E-state index contributed by atoms with van der Waals surface area (Å²) < 4.78 is 0. The summed E-state index contributed by atoms with van der Waals surface area (Å²) in [5, 5.41) is 12.9. The van der Waals surface area contributed by atoms with Gasteiger partial charge in [-0.1, -0.05) is 19.3 Å². The fourth-order valence-electron chi connectivity index (χ4n) is 2.17. The number of carbonyl (C=O) groups excluding carboxylic acids is 1. The lowest BCUT2D eigenvalue weighted by Crippen LogP contribution is -2.46. The molecule has 2 N–H and O–H groups in total. The van der Waals surface area contributed by atoms with Crippen LogP contribution in [0.25, 0.3) is 0 Å². The lowest BCUT2D eigenvalue weighted by molar-refractivity contribution is -0.120. The van der Waals surface area contributed by atoms with Crippen LogP contribution in [-0.2, 0) is 4.79 Å². The van der Waals surface area contributed by atoms with Crippen LogP contribution in [0.1, 0.15) is 46.0 Å².